The number of benzene rings is 2. The predicted octanol–water partition coefficient (Wildman–Crippen LogP) is 0.423. The van der Waals surface area contributed by atoms with Crippen LogP contribution >= 0.6 is 11.6 Å². The highest BCUT2D eigenvalue weighted by Crippen LogP contribution is 2.12. The molecule has 0 aliphatic rings. The second-order valence-electron chi connectivity index (χ2n) is 4.28. The van der Waals surface area contributed by atoms with Crippen LogP contribution in [0.5, 0.6) is 0 Å². The standard InChI is InChI=1S/C13H10ClN3O4S/c14-10-3-7-12(8-4-10)22(20,21)16-13(15)9-1-5-11(6-2-9)17(18)19/h1-8H,(H2,15,16)/p+1. The van der Waals surface area contributed by atoms with E-state index < -0.39 is 14.9 Å². The van der Waals surface area contributed by atoms with Crippen molar-refractivity contribution in [1.29, 1.82) is 0 Å². The van der Waals surface area contributed by atoms with Crippen LogP contribution < -0.4 is 10.1 Å². The molecule has 114 valence electrons. The average Bonchev–Trinajstić information content (AvgIpc) is 2.47. The molecule has 0 aromatic heterocycles. The number of nitro benzene ring substituents is 1. The number of hydrogen-bond donors (Lipinski definition) is 2. The van der Waals surface area contributed by atoms with Crippen LogP contribution in [0, 0.1) is 10.1 Å². The Balaban J connectivity index is 2.34. The SMILES string of the molecule is NC(=[NH+]S(=O)(=O)c1ccc(Cl)cc1)c1ccc([N+](=O)[O-])cc1. The number of halogens is 1. The molecule has 0 aliphatic heterocycles. The number of non-ortho nitro benzene ring substituents is 1. The molecule has 0 saturated carbocycles. The third-order valence-corrected chi connectivity index (χ3v) is 4.39. The predicted molar refractivity (Wildman–Crippen MR) is 81.0 cm³/mol. The third-order valence-electron chi connectivity index (χ3n) is 2.76. The molecule has 7 nitrogen and oxygen atoms in total. The zero-order chi connectivity index (χ0) is 16.3. The number of nitrogens with two attached hydrogens (primary N) is 1. The maximum absolute atomic E-state index is 12.1. The van der Waals surface area contributed by atoms with Crippen molar-refractivity contribution in [3.63, 3.8) is 0 Å². The van der Waals surface area contributed by atoms with Gasteiger partial charge in [0.15, 0.2) is 0 Å². The van der Waals surface area contributed by atoms with E-state index in [1.54, 1.807) is 0 Å². The Morgan fingerprint density at radius 2 is 1.64 bits per heavy atom. The molecule has 0 heterocycles. The van der Waals surface area contributed by atoms with Gasteiger partial charge in [-0.1, -0.05) is 11.6 Å². The summed E-state index contributed by atoms with van der Waals surface area (Å²) >= 11 is 5.70. The number of amidine groups is 1. The number of hydrogen-bond acceptors (Lipinski definition) is 4. The zero-order valence-electron chi connectivity index (χ0n) is 11.1. The normalized spacial score (nSPS) is 12.1. The van der Waals surface area contributed by atoms with E-state index in [4.69, 9.17) is 17.3 Å². The summed E-state index contributed by atoms with van der Waals surface area (Å²) in [6.45, 7) is 0. The Kier molecular flexibility index (Phi) is 4.43. The Bertz CT molecular complexity index is 831. The first-order valence-corrected chi connectivity index (χ1v) is 7.81. The maximum Gasteiger partial charge on any atom is 0.328 e. The summed E-state index contributed by atoms with van der Waals surface area (Å²) in [4.78, 5) is 10.0. The van der Waals surface area contributed by atoms with Gasteiger partial charge in [0.2, 0.25) is 0 Å². The lowest BCUT2D eigenvalue weighted by Crippen LogP contribution is -2.78. The summed E-state index contributed by atoms with van der Waals surface area (Å²) in [6.07, 6.45) is 0. The van der Waals surface area contributed by atoms with E-state index >= 15 is 0 Å². The minimum absolute atomic E-state index is 0.00163. The first-order chi connectivity index (χ1) is 10.3. The monoisotopic (exact) mass is 340 g/mol. The lowest BCUT2D eigenvalue weighted by atomic mass is 10.2. The Labute approximate surface area is 131 Å². The summed E-state index contributed by atoms with van der Waals surface area (Å²) in [5.74, 6) is -0.134. The van der Waals surface area contributed by atoms with Crippen LogP contribution in [-0.4, -0.2) is 19.2 Å². The van der Waals surface area contributed by atoms with Crippen LogP contribution in [0.1, 0.15) is 5.56 Å². The van der Waals surface area contributed by atoms with Crippen molar-refractivity contribution in [2.24, 2.45) is 5.73 Å². The fourth-order valence-electron chi connectivity index (χ4n) is 1.64. The van der Waals surface area contributed by atoms with Gasteiger partial charge in [-0.05, 0) is 36.4 Å². The number of rotatable bonds is 4. The molecule has 0 atom stereocenters. The van der Waals surface area contributed by atoms with Crippen LogP contribution in [0.15, 0.2) is 53.4 Å². The molecule has 0 aliphatic carbocycles. The van der Waals surface area contributed by atoms with E-state index in [2.05, 4.69) is 4.40 Å². The molecule has 9 heteroatoms. The third kappa shape index (κ3) is 3.60. The van der Waals surface area contributed by atoms with Gasteiger partial charge in [-0.3, -0.25) is 15.8 Å². The van der Waals surface area contributed by atoms with E-state index in [-0.39, 0.29) is 16.4 Å². The minimum Gasteiger partial charge on any atom is -0.286 e. The highest BCUT2D eigenvalue weighted by Gasteiger charge is 2.18. The molecule has 2 rings (SSSR count). The summed E-state index contributed by atoms with van der Waals surface area (Å²) in [6, 6.07) is 10.8. The van der Waals surface area contributed by atoms with Crippen molar-refractivity contribution in [3.8, 4) is 0 Å². The first-order valence-electron chi connectivity index (χ1n) is 5.95. The van der Waals surface area contributed by atoms with E-state index in [0.29, 0.717) is 10.6 Å². The fraction of sp³-hybridized carbons (Fsp3) is 0. The van der Waals surface area contributed by atoms with Crippen LogP contribution in [0.25, 0.3) is 0 Å². The van der Waals surface area contributed by atoms with E-state index in [1.165, 1.54) is 48.5 Å². The summed E-state index contributed by atoms with van der Waals surface area (Å²) in [5.41, 5.74) is 5.91. The molecular weight excluding hydrogens is 330 g/mol. The summed E-state index contributed by atoms with van der Waals surface area (Å²) in [7, 11) is -3.86. The lowest BCUT2D eigenvalue weighted by molar-refractivity contribution is -0.384. The quantitative estimate of drug-likeness (QED) is 0.362. The molecule has 2 aromatic carbocycles. The highest BCUT2D eigenvalue weighted by atomic mass is 35.5. The van der Waals surface area contributed by atoms with E-state index in [9.17, 15) is 18.5 Å². The molecule has 0 spiro atoms. The Morgan fingerprint density at radius 3 is 2.14 bits per heavy atom. The largest absolute Gasteiger partial charge is 0.328 e. The molecule has 0 radical (unpaired) electrons. The summed E-state index contributed by atoms with van der Waals surface area (Å²) in [5, 5.41) is 11.0. The van der Waals surface area contributed by atoms with Gasteiger partial charge in [0, 0.05) is 17.2 Å². The minimum atomic E-state index is -3.86. The molecular formula is C13H11ClN3O4S+. The Hall–Kier alpha value is -2.45. The van der Waals surface area contributed by atoms with Crippen molar-refractivity contribution in [2.75, 3.05) is 0 Å². The van der Waals surface area contributed by atoms with Crippen LogP contribution in [0.3, 0.4) is 0 Å². The molecule has 0 amide bonds. The highest BCUT2D eigenvalue weighted by molar-refractivity contribution is 7.84. The number of sulfonamides is 1. The molecule has 0 bridgehead atoms. The van der Waals surface area contributed by atoms with Gasteiger partial charge in [0.05, 0.1) is 10.5 Å². The molecule has 0 saturated heterocycles. The van der Waals surface area contributed by atoms with Gasteiger partial charge in [0.1, 0.15) is 4.90 Å². The molecule has 0 fully saturated rings. The summed E-state index contributed by atoms with van der Waals surface area (Å²) < 4.78 is 26.5. The number of nitro groups is 1. The van der Waals surface area contributed by atoms with Gasteiger partial charge in [-0.2, -0.15) is 12.8 Å². The van der Waals surface area contributed by atoms with Gasteiger partial charge in [-0.25, -0.2) is 0 Å². The van der Waals surface area contributed by atoms with Gasteiger partial charge in [0.25, 0.3) is 11.5 Å². The fourth-order valence-corrected chi connectivity index (χ4v) is 2.78. The maximum atomic E-state index is 12.1. The van der Waals surface area contributed by atoms with Crippen molar-refractivity contribution in [1.82, 2.24) is 0 Å². The van der Waals surface area contributed by atoms with Crippen molar-refractivity contribution >= 4 is 33.1 Å². The smallest absolute Gasteiger partial charge is 0.286 e. The van der Waals surface area contributed by atoms with Crippen molar-refractivity contribution in [3.05, 3.63) is 69.2 Å². The van der Waals surface area contributed by atoms with Crippen LogP contribution in [0.2, 0.25) is 5.02 Å². The van der Waals surface area contributed by atoms with Gasteiger partial charge in [-0.15, -0.1) is 0 Å². The average molecular weight is 341 g/mol. The van der Waals surface area contributed by atoms with E-state index in [0.717, 1.165) is 0 Å². The number of nitrogens with one attached hydrogen (secondary N) is 1. The van der Waals surface area contributed by atoms with Crippen molar-refractivity contribution in [2.45, 2.75) is 4.90 Å². The number of nitrogen functional groups attached to an aromatic ring is 1. The van der Waals surface area contributed by atoms with Crippen LogP contribution in [-0.2, 0) is 10.0 Å². The van der Waals surface area contributed by atoms with Gasteiger partial charge >= 0.3 is 10.0 Å². The lowest BCUT2D eigenvalue weighted by Gasteiger charge is -1.99. The molecule has 22 heavy (non-hydrogen) atoms. The zero-order valence-corrected chi connectivity index (χ0v) is 12.6. The topological polar surface area (TPSA) is 117 Å². The van der Waals surface area contributed by atoms with Crippen LogP contribution in [0.4, 0.5) is 5.69 Å². The van der Waals surface area contributed by atoms with E-state index in [1.807, 2.05) is 0 Å². The molecule has 0 unspecified atom stereocenters. The number of nitrogens with zero attached hydrogens (tertiary/aromatic N) is 1. The Morgan fingerprint density at radius 1 is 1.09 bits per heavy atom. The second-order valence-corrected chi connectivity index (χ2v) is 6.40. The molecule has 2 aromatic rings. The second kappa shape index (κ2) is 6.12. The first kappa shape index (κ1) is 15.9. The van der Waals surface area contributed by atoms with Crippen molar-refractivity contribution < 1.29 is 17.7 Å². The molecule has 3 N–H and O–H groups in total. The van der Waals surface area contributed by atoms with Gasteiger partial charge < -0.3 is 0 Å².